The standard InChI is InChI=1S/C28H23FN2O4S/c1-4-35-20-10-8-17(9-11-20)25(32)22-24(18-6-5-7-19(29)14-18)31(27(34)26(22)33)28-30-23-16(3)12-15(2)13-21(23)36-28/h5-14,24,32H,4H2,1-3H3/b25-22+/t24-/m1/s1. The van der Waals surface area contributed by atoms with Gasteiger partial charge in [0.15, 0.2) is 5.13 Å². The van der Waals surface area contributed by atoms with Crippen LogP contribution in [0.4, 0.5) is 9.52 Å². The van der Waals surface area contributed by atoms with Gasteiger partial charge in [0, 0.05) is 5.56 Å². The SMILES string of the molecule is CCOc1ccc(/C(O)=C2\C(=O)C(=O)N(c3nc4c(C)cc(C)cc4s3)[C@@H]2c2cccc(F)c2)cc1. The molecule has 0 bridgehead atoms. The van der Waals surface area contributed by atoms with Crippen LogP contribution in [-0.4, -0.2) is 28.4 Å². The number of carbonyl (C=O) groups is 2. The number of rotatable bonds is 5. The summed E-state index contributed by atoms with van der Waals surface area (Å²) in [6, 6.07) is 15.2. The molecule has 0 aliphatic carbocycles. The zero-order chi connectivity index (χ0) is 25.6. The summed E-state index contributed by atoms with van der Waals surface area (Å²) in [6.45, 7) is 6.25. The molecule has 1 N–H and O–H groups in total. The van der Waals surface area contributed by atoms with Gasteiger partial charge in [0.25, 0.3) is 5.78 Å². The number of Topliss-reactive ketones (excluding diaryl/α,β-unsaturated/α-hetero) is 1. The second kappa shape index (κ2) is 9.20. The van der Waals surface area contributed by atoms with Crippen molar-refractivity contribution in [2.45, 2.75) is 26.8 Å². The summed E-state index contributed by atoms with van der Waals surface area (Å²) in [4.78, 5) is 32.6. The van der Waals surface area contributed by atoms with E-state index in [1.165, 1.54) is 34.4 Å². The maximum absolute atomic E-state index is 14.3. The molecule has 0 radical (unpaired) electrons. The predicted molar refractivity (Wildman–Crippen MR) is 138 cm³/mol. The Morgan fingerprint density at radius 1 is 1.11 bits per heavy atom. The van der Waals surface area contributed by atoms with Crippen LogP contribution in [0, 0.1) is 19.7 Å². The Balaban J connectivity index is 1.70. The number of hydrogen-bond donors (Lipinski definition) is 1. The molecule has 4 aromatic rings. The fourth-order valence-electron chi connectivity index (χ4n) is 4.52. The minimum atomic E-state index is -1.05. The highest BCUT2D eigenvalue weighted by Crippen LogP contribution is 2.44. The molecule has 36 heavy (non-hydrogen) atoms. The van der Waals surface area contributed by atoms with Crippen molar-refractivity contribution >= 4 is 44.1 Å². The Morgan fingerprint density at radius 2 is 1.86 bits per heavy atom. The quantitative estimate of drug-likeness (QED) is 0.203. The van der Waals surface area contributed by atoms with Gasteiger partial charge in [-0.15, -0.1) is 0 Å². The van der Waals surface area contributed by atoms with Gasteiger partial charge in [-0.25, -0.2) is 9.37 Å². The zero-order valence-corrected chi connectivity index (χ0v) is 20.7. The molecule has 6 nitrogen and oxygen atoms in total. The number of anilines is 1. The highest BCUT2D eigenvalue weighted by molar-refractivity contribution is 7.22. The molecular formula is C28H23FN2O4S. The maximum atomic E-state index is 14.3. The molecule has 1 aromatic heterocycles. The van der Waals surface area contributed by atoms with Crippen molar-refractivity contribution in [3.8, 4) is 5.75 Å². The Hall–Kier alpha value is -4.04. The first-order valence-corrected chi connectivity index (χ1v) is 12.3. The Kier molecular flexibility index (Phi) is 6.05. The first kappa shape index (κ1) is 23.7. The topological polar surface area (TPSA) is 79.7 Å². The molecular weight excluding hydrogens is 479 g/mol. The van der Waals surface area contributed by atoms with Crippen LogP contribution in [0.3, 0.4) is 0 Å². The number of carbonyl (C=O) groups excluding carboxylic acids is 2. The van der Waals surface area contributed by atoms with E-state index in [1.807, 2.05) is 32.9 Å². The molecule has 2 heterocycles. The third-order valence-corrected chi connectivity index (χ3v) is 7.07. The number of aliphatic hydroxyl groups is 1. The first-order valence-electron chi connectivity index (χ1n) is 11.5. The first-order chi connectivity index (χ1) is 17.3. The molecule has 1 saturated heterocycles. The third kappa shape index (κ3) is 4.03. The van der Waals surface area contributed by atoms with E-state index >= 15 is 0 Å². The lowest BCUT2D eigenvalue weighted by molar-refractivity contribution is -0.132. The summed E-state index contributed by atoms with van der Waals surface area (Å²) >= 11 is 1.28. The average Bonchev–Trinajstić information content (AvgIpc) is 3.38. The van der Waals surface area contributed by atoms with Gasteiger partial charge in [0.1, 0.15) is 17.3 Å². The minimum absolute atomic E-state index is 0.123. The molecule has 1 amide bonds. The van der Waals surface area contributed by atoms with Crippen molar-refractivity contribution in [3.05, 3.63) is 94.3 Å². The molecule has 8 heteroatoms. The molecule has 5 rings (SSSR count). The van der Waals surface area contributed by atoms with Crippen molar-refractivity contribution in [3.63, 3.8) is 0 Å². The zero-order valence-electron chi connectivity index (χ0n) is 19.9. The number of fused-ring (bicyclic) bond motifs is 1. The van der Waals surface area contributed by atoms with Gasteiger partial charge in [-0.05, 0) is 79.9 Å². The van der Waals surface area contributed by atoms with Crippen LogP contribution in [0.2, 0.25) is 0 Å². The predicted octanol–water partition coefficient (Wildman–Crippen LogP) is 6.08. The highest BCUT2D eigenvalue weighted by Gasteiger charge is 2.48. The van der Waals surface area contributed by atoms with E-state index in [9.17, 15) is 19.1 Å². The maximum Gasteiger partial charge on any atom is 0.301 e. The molecule has 1 fully saturated rings. The average molecular weight is 503 g/mol. The van der Waals surface area contributed by atoms with Crippen molar-refractivity contribution in [1.29, 1.82) is 0 Å². The number of ether oxygens (including phenoxy) is 1. The van der Waals surface area contributed by atoms with Crippen LogP contribution < -0.4 is 9.64 Å². The normalized spacial score (nSPS) is 17.2. The molecule has 0 unspecified atom stereocenters. The number of hydrogen-bond acceptors (Lipinski definition) is 6. The van der Waals surface area contributed by atoms with E-state index in [-0.39, 0.29) is 11.3 Å². The number of aliphatic hydroxyl groups excluding tert-OH is 1. The summed E-state index contributed by atoms with van der Waals surface area (Å²) in [5, 5.41) is 11.5. The molecule has 1 aliphatic rings. The third-order valence-electron chi connectivity index (χ3n) is 6.07. The van der Waals surface area contributed by atoms with E-state index < -0.39 is 23.5 Å². The smallest absolute Gasteiger partial charge is 0.301 e. The van der Waals surface area contributed by atoms with E-state index in [0.717, 1.165) is 21.3 Å². The van der Waals surface area contributed by atoms with Crippen molar-refractivity contribution in [2.24, 2.45) is 0 Å². The molecule has 182 valence electrons. The molecule has 1 atom stereocenters. The van der Waals surface area contributed by atoms with Crippen LogP contribution in [0.1, 0.15) is 35.2 Å². The molecule has 0 spiro atoms. The second-order valence-corrected chi connectivity index (χ2v) is 9.62. The number of nitrogens with zero attached hydrogens (tertiary/aromatic N) is 2. The van der Waals surface area contributed by atoms with E-state index in [1.54, 1.807) is 30.3 Å². The van der Waals surface area contributed by atoms with Gasteiger partial charge in [-0.2, -0.15) is 0 Å². The lowest BCUT2D eigenvalue weighted by atomic mass is 9.95. The van der Waals surface area contributed by atoms with Crippen LogP contribution in [0.5, 0.6) is 5.75 Å². The molecule has 0 saturated carbocycles. The number of halogens is 1. The van der Waals surface area contributed by atoms with Crippen molar-refractivity contribution in [2.75, 3.05) is 11.5 Å². The van der Waals surface area contributed by atoms with Crippen molar-refractivity contribution < 1.29 is 23.8 Å². The van der Waals surface area contributed by atoms with Crippen LogP contribution in [0.25, 0.3) is 16.0 Å². The van der Waals surface area contributed by atoms with Crippen molar-refractivity contribution in [1.82, 2.24) is 4.98 Å². The lowest BCUT2D eigenvalue weighted by Gasteiger charge is -2.23. The fourth-order valence-corrected chi connectivity index (χ4v) is 5.68. The minimum Gasteiger partial charge on any atom is -0.507 e. The largest absolute Gasteiger partial charge is 0.507 e. The number of aromatic nitrogens is 1. The number of benzene rings is 3. The van der Waals surface area contributed by atoms with E-state index in [4.69, 9.17) is 4.74 Å². The summed E-state index contributed by atoms with van der Waals surface area (Å²) < 4.78 is 20.6. The van der Waals surface area contributed by atoms with Crippen LogP contribution >= 0.6 is 11.3 Å². The summed E-state index contributed by atoms with van der Waals surface area (Å²) in [7, 11) is 0. The molecule has 1 aliphatic heterocycles. The Bertz CT molecular complexity index is 1540. The monoisotopic (exact) mass is 502 g/mol. The van der Waals surface area contributed by atoms with Gasteiger partial charge in [-0.3, -0.25) is 14.5 Å². The Morgan fingerprint density at radius 3 is 2.56 bits per heavy atom. The van der Waals surface area contributed by atoms with Gasteiger partial charge in [0.2, 0.25) is 0 Å². The highest BCUT2D eigenvalue weighted by atomic mass is 32.1. The fraction of sp³-hybridized carbons (Fsp3) is 0.179. The van der Waals surface area contributed by atoms with Gasteiger partial charge >= 0.3 is 5.91 Å². The van der Waals surface area contributed by atoms with E-state index in [2.05, 4.69) is 4.98 Å². The van der Waals surface area contributed by atoms with E-state index in [0.29, 0.717) is 28.6 Å². The lowest BCUT2D eigenvalue weighted by Crippen LogP contribution is -2.29. The van der Waals surface area contributed by atoms with Crippen LogP contribution in [0.15, 0.2) is 66.2 Å². The van der Waals surface area contributed by atoms with Gasteiger partial charge < -0.3 is 9.84 Å². The van der Waals surface area contributed by atoms with Gasteiger partial charge in [-0.1, -0.05) is 29.5 Å². The number of aryl methyl sites for hydroxylation is 2. The summed E-state index contributed by atoms with van der Waals surface area (Å²) in [5.41, 5.74) is 3.30. The summed E-state index contributed by atoms with van der Waals surface area (Å²) in [6.07, 6.45) is 0. The second-order valence-electron chi connectivity index (χ2n) is 8.61. The Labute approximate surface area is 211 Å². The molecule has 3 aromatic carbocycles. The number of amides is 1. The van der Waals surface area contributed by atoms with Gasteiger partial charge in [0.05, 0.1) is 28.4 Å². The van der Waals surface area contributed by atoms with Crippen LogP contribution in [-0.2, 0) is 9.59 Å². The number of thiazole rings is 1. The number of ketones is 1. The summed E-state index contributed by atoms with van der Waals surface area (Å²) in [5.74, 6) is -1.94.